The Morgan fingerprint density at radius 3 is 2.87 bits per heavy atom. The van der Waals surface area contributed by atoms with Crippen molar-refractivity contribution in [2.24, 2.45) is 0 Å². The number of carboxylic acids is 1. The van der Waals surface area contributed by atoms with Crippen molar-refractivity contribution < 1.29 is 9.90 Å². The van der Waals surface area contributed by atoms with E-state index in [1.807, 2.05) is 12.2 Å². The first-order valence-electron chi connectivity index (χ1n) is 4.49. The number of carbonyl (C=O) groups is 1. The van der Waals surface area contributed by atoms with Gasteiger partial charge in [0.1, 0.15) is 0 Å². The van der Waals surface area contributed by atoms with Crippen molar-refractivity contribution in [3.63, 3.8) is 0 Å². The molecule has 0 saturated carbocycles. The van der Waals surface area contributed by atoms with Crippen molar-refractivity contribution in [2.45, 2.75) is 12.8 Å². The zero-order valence-electron chi connectivity index (χ0n) is 7.85. The maximum Gasteiger partial charge on any atom is 0.354 e. The molecule has 1 aromatic rings. The highest BCUT2D eigenvalue weighted by Crippen LogP contribution is 2.26. The van der Waals surface area contributed by atoms with E-state index in [4.69, 9.17) is 5.11 Å². The van der Waals surface area contributed by atoms with E-state index >= 15 is 0 Å². The normalized spacial score (nSPS) is 15.8. The Labute approximate surface area is 95.1 Å². The highest BCUT2D eigenvalue weighted by molar-refractivity contribution is 9.11. The van der Waals surface area contributed by atoms with E-state index in [9.17, 15) is 4.79 Å². The summed E-state index contributed by atoms with van der Waals surface area (Å²) >= 11 is 3.40. The SMILES string of the molecule is O=C(O)c1cncn1C1=CC=C(Br)CC1. The molecule has 2 rings (SSSR count). The van der Waals surface area contributed by atoms with Gasteiger partial charge in [0.15, 0.2) is 5.69 Å². The minimum absolute atomic E-state index is 0.202. The molecule has 5 heteroatoms. The number of halogens is 1. The van der Waals surface area contributed by atoms with Gasteiger partial charge < -0.3 is 5.11 Å². The van der Waals surface area contributed by atoms with Crippen LogP contribution in [0.3, 0.4) is 0 Å². The summed E-state index contributed by atoms with van der Waals surface area (Å²) in [5.41, 5.74) is 1.15. The van der Waals surface area contributed by atoms with Crippen molar-refractivity contribution in [2.75, 3.05) is 0 Å². The molecule has 0 aliphatic heterocycles. The van der Waals surface area contributed by atoms with Crippen molar-refractivity contribution in [3.05, 3.63) is 34.9 Å². The van der Waals surface area contributed by atoms with Crippen molar-refractivity contribution in [3.8, 4) is 0 Å². The van der Waals surface area contributed by atoms with Gasteiger partial charge in [0.2, 0.25) is 0 Å². The summed E-state index contributed by atoms with van der Waals surface area (Å²) in [6.07, 6.45) is 8.43. The molecule has 1 aliphatic carbocycles. The minimum atomic E-state index is -0.956. The van der Waals surface area contributed by atoms with Crippen LogP contribution in [0.1, 0.15) is 23.3 Å². The fourth-order valence-electron chi connectivity index (χ4n) is 1.48. The van der Waals surface area contributed by atoms with Gasteiger partial charge in [0, 0.05) is 5.70 Å². The molecular formula is C10H9BrN2O2. The molecule has 15 heavy (non-hydrogen) atoms. The number of nitrogens with zero attached hydrogens (tertiary/aromatic N) is 2. The lowest BCUT2D eigenvalue weighted by molar-refractivity contribution is 0.0688. The lowest BCUT2D eigenvalue weighted by atomic mass is 10.1. The maximum absolute atomic E-state index is 10.9. The lowest BCUT2D eigenvalue weighted by Crippen LogP contribution is -2.08. The summed E-state index contributed by atoms with van der Waals surface area (Å²) in [7, 11) is 0. The van der Waals surface area contributed by atoms with Crippen LogP contribution in [0.5, 0.6) is 0 Å². The zero-order valence-corrected chi connectivity index (χ0v) is 9.44. The van der Waals surface area contributed by atoms with Gasteiger partial charge in [-0.1, -0.05) is 22.0 Å². The lowest BCUT2D eigenvalue weighted by Gasteiger charge is -2.13. The van der Waals surface area contributed by atoms with E-state index in [-0.39, 0.29) is 5.69 Å². The molecule has 0 spiro atoms. The molecular weight excluding hydrogens is 260 g/mol. The molecule has 0 saturated heterocycles. The van der Waals surface area contributed by atoms with Gasteiger partial charge >= 0.3 is 5.97 Å². The fraction of sp³-hybridized carbons (Fsp3) is 0.200. The molecule has 0 aromatic carbocycles. The Bertz CT molecular complexity index is 460. The molecule has 0 amide bonds. The molecule has 78 valence electrons. The first kappa shape index (κ1) is 10.2. The van der Waals surface area contributed by atoms with Crippen LogP contribution < -0.4 is 0 Å². The van der Waals surface area contributed by atoms with Gasteiger partial charge in [-0.05, 0) is 23.4 Å². The number of aromatic carboxylic acids is 1. The van der Waals surface area contributed by atoms with Crippen LogP contribution in [0, 0.1) is 0 Å². The quantitative estimate of drug-likeness (QED) is 0.897. The number of hydrogen-bond acceptors (Lipinski definition) is 2. The molecule has 0 unspecified atom stereocenters. The van der Waals surface area contributed by atoms with E-state index in [1.165, 1.54) is 12.5 Å². The van der Waals surface area contributed by atoms with Crippen LogP contribution in [0.25, 0.3) is 5.70 Å². The highest BCUT2D eigenvalue weighted by atomic mass is 79.9. The van der Waals surface area contributed by atoms with Gasteiger partial charge in [-0.15, -0.1) is 0 Å². The summed E-state index contributed by atoms with van der Waals surface area (Å²) < 4.78 is 2.74. The average Bonchev–Trinajstić information content (AvgIpc) is 2.67. The number of hydrogen-bond donors (Lipinski definition) is 1. The molecule has 0 fully saturated rings. The van der Waals surface area contributed by atoms with Gasteiger partial charge in [-0.2, -0.15) is 0 Å². The molecule has 1 aliphatic rings. The van der Waals surface area contributed by atoms with Crippen LogP contribution in [-0.4, -0.2) is 20.6 Å². The number of imidazole rings is 1. The number of aromatic nitrogens is 2. The van der Waals surface area contributed by atoms with Gasteiger partial charge in [0.25, 0.3) is 0 Å². The van der Waals surface area contributed by atoms with E-state index in [1.54, 1.807) is 4.57 Å². The second kappa shape index (κ2) is 4.02. The first-order chi connectivity index (χ1) is 7.18. The second-order valence-corrected chi connectivity index (χ2v) is 4.24. The number of carboxylic acid groups (broad SMARTS) is 1. The van der Waals surface area contributed by atoms with E-state index in [0.717, 1.165) is 23.0 Å². The molecule has 0 radical (unpaired) electrons. The monoisotopic (exact) mass is 268 g/mol. The Morgan fingerprint density at radius 1 is 1.47 bits per heavy atom. The van der Waals surface area contributed by atoms with Gasteiger partial charge in [0.05, 0.1) is 12.5 Å². The number of rotatable bonds is 2. The van der Waals surface area contributed by atoms with Crippen molar-refractivity contribution in [1.29, 1.82) is 0 Å². The van der Waals surface area contributed by atoms with Gasteiger partial charge in [-0.3, -0.25) is 4.57 Å². The van der Waals surface area contributed by atoms with Crippen LogP contribution in [0.15, 0.2) is 29.2 Å². The summed E-state index contributed by atoms with van der Waals surface area (Å²) in [6.45, 7) is 0. The largest absolute Gasteiger partial charge is 0.477 e. The van der Waals surface area contributed by atoms with Crippen LogP contribution in [0.2, 0.25) is 0 Å². The first-order valence-corrected chi connectivity index (χ1v) is 5.29. The average molecular weight is 269 g/mol. The zero-order chi connectivity index (χ0) is 10.8. The van der Waals surface area contributed by atoms with Crippen LogP contribution in [-0.2, 0) is 0 Å². The predicted octanol–water partition coefficient (Wildman–Crippen LogP) is 2.49. The number of allylic oxidation sites excluding steroid dienone is 4. The van der Waals surface area contributed by atoms with Crippen LogP contribution in [0.4, 0.5) is 0 Å². The molecule has 1 N–H and O–H groups in total. The standard InChI is InChI=1S/C10H9BrN2O2/c11-7-1-3-8(4-2-7)13-6-12-5-9(13)10(14)15/h1,3,5-6H,2,4H2,(H,14,15). The van der Waals surface area contributed by atoms with Crippen LogP contribution >= 0.6 is 15.9 Å². The third-order valence-corrected chi connectivity index (χ3v) is 2.90. The van der Waals surface area contributed by atoms with E-state index < -0.39 is 5.97 Å². The maximum atomic E-state index is 10.9. The third-order valence-electron chi connectivity index (χ3n) is 2.24. The topological polar surface area (TPSA) is 55.1 Å². The Kier molecular flexibility index (Phi) is 2.73. The Hall–Kier alpha value is -1.36. The van der Waals surface area contributed by atoms with E-state index in [2.05, 4.69) is 20.9 Å². The second-order valence-electron chi connectivity index (χ2n) is 3.23. The third kappa shape index (κ3) is 2.02. The smallest absolute Gasteiger partial charge is 0.354 e. The molecule has 0 bridgehead atoms. The molecule has 4 nitrogen and oxygen atoms in total. The molecule has 0 atom stereocenters. The Morgan fingerprint density at radius 2 is 2.27 bits per heavy atom. The highest BCUT2D eigenvalue weighted by Gasteiger charge is 2.14. The predicted molar refractivity (Wildman–Crippen MR) is 59.7 cm³/mol. The molecule has 1 aromatic heterocycles. The van der Waals surface area contributed by atoms with Crippen molar-refractivity contribution >= 4 is 27.6 Å². The summed E-state index contributed by atoms with van der Waals surface area (Å²) in [5, 5.41) is 8.92. The summed E-state index contributed by atoms with van der Waals surface area (Å²) in [5.74, 6) is -0.956. The molecule has 1 heterocycles. The van der Waals surface area contributed by atoms with Crippen molar-refractivity contribution in [1.82, 2.24) is 9.55 Å². The van der Waals surface area contributed by atoms with E-state index in [0.29, 0.717) is 0 Å². The Balaban J connectivity index is 2.38. The fourth-order valence-corrected chi connectivity index (χ4v) is 1.81. The summed E-state index contributed by atoms with van der Waals surface area (Å²) in [6, 6.07) is 0. The van der Waals surface area contributed by atoms with Gasteiger partial charge in [-0.25, -0.2) is 9.78 Å². The minimum Gasteiger partial charge on any atom is -0.477 e. The summed E-state index contributed by atoms with van der Waals surface area (Å²) in [4.78, 5) is 14.7.